The zero-order valence-corrected chi connectivity index (χ0v) is 21.4. The minimum Gasteiger partial charge on any atom is -0.465 e. The summed E-state index contributed by atoms with van der Waals surface area (Å²) in [7, 11) is -5.66. The van der Waals surface area contributed by atoms with Crippen LogP contribution in [0, 0.1) is 34.5 Å². The van der Waals surface area contributed by atoms with Crippen LogP contribution in [0.5, 0.6) is 0 Å². The highest BCUT2D eigenvalue weighted by Gasteiger charge is 2.60. The van der Waals surface area contributed by atoms with Gasteiger partial charge in [0.05, 0.1) is 6.61 Å². The maximum atomic E-state index is 12.8. The molecule has 0 radical (unpaired) electrons. The summed E-state index contributed by atoms with van der Waals surface area (Å²) in [5, 5.41) is 0. The summed E-state index contributed by atoms with van der Waals surface area (Å²) in [6.45, 7) is 12.5. The van der Waals surface area contributed by atoms with Crippen LogP contribution in [0.15, 0.2) is 11.8 Å². The summed E-state index contributed by atoms with van der Waals surface area (Å²) in [4.78, 5) is 11.8. The van der Waals surface area contributed by atoms with Crippen molar-refractivity contribution in [2.45, 2.75) is 92.0 Å². The SMILES string of the molecule is CC.CC.CC12CCC3C(CCC4COC(=O)CC[C@]43C)C1CC=C2OS(=O)(=O)C(F)(F)F. The van der Waals surface area contributed by atoms with E-state index >= 15 is 0 Å². The van der Waals surface area contributed by atoms with Crippen LogP contribution in [-0.4, -0.2) is 26.5 Å². The minimum absolute atomic E-state index is 0.0436. The summed E-state index contributed by atoms with van der Waals surface area (Å²) in [6.07, 6.45) is 6.42. The number of esters is 1. The highest BCUT2D eigenvalue weighted by Crippen LogP contribution is 2.65. The summed E-state index contributed by atoms with van der Waals surface area (Å²) in [5.41, 5.74) is -6.18. The fourth-order valence-electron chi connectivity index (χ4n) is 6.66. The zero-order valence-electron chi connectivity index (χ0n) is 20.6. The predicted octanol–water partition coefficient (Wildman–Crippen LogP) is 6.59. The fraction of sp³-hybridized carbons (Fsp3) is 0.875. The summed E-state index contributed by atoms with van der Waals surface area (Å²) in [5.74, 6) is 0.765. The Morgan fingerprint density at radius 1 is 1.03 bits per heavy atom. The van der Waals surface area contributed by atoms with E-state index in [-0.39, 0.29) is 29.0 Å². The molecule has 0 bridgehead atoms. The van der Waals surface area contributed by atoms with Crippen LogP contribution in [0.1, 0.15) is 86.5 Å². The molecule has 0 spiro atoms. The molecular formula is C24H39F3O5S. The van der Waals surface area contributed by atoms with Gasteiger partial charge in [-0.3, -0.25) is 4.79 Å². The molecule has 192 valence electrons. The number of cyclic esters (lactones) is 1. The number of alkyl halides is 3. The van der Waals surface area contributed by atoms with Gasteiger partial charge in [0.25, 0.3) is 0 Å². The van der Waals surface area contributed by atoms with Gasteiger partial charge >= 0.3 is 21.6 Å². The van der Waals surface area contributed by atoms with Crippen molar-refractivity contribution in [1.29, 1.82) is 0 Å². The van der Waals surface area contributed by atoms with Crippen molar-refractivity contribution < 1.29 is 35.3 Å². The summed E-state index contributed by atoms with van der Waals surface area (Å²) in [6, 6.07) is 0. The quantitative estimate of drug-likeness (QED) is 0.245. The molecule has 4 aliphatic rings. The Balaban J connectivity index is 0.000000914. The molecule has 5 unspecified atom stereocenters. The van der Waals surface area contributed by atoms with Crippen molar-refractivity contribution in [3.8, 4) is 0 Å². The van der Waals surface area contributed by atoms with Crippen molar-refractivity contribution in [2.24, 2.45) is 34.5 Å². The highest BCUT2D eigenvalue weighted by molar-refractivity contribution is 7.87. The van der Waals surface area contributed by atoms with Crippen LogP contribution in [0.25, 0.3) is 0 Å². The van der Waals surface area contributed by atoms with Gasteiger partial charge < -0.3 is 8.92 Å². The van der Waals surface area contributed by atoms with Gasteiger partial charge in [-0.1, -0.05) is 41.5 Å². The third kappa shape index (κ3) is 4.94. The molecule has 1 aliphatic heterocycles. The molecule has 0 aromatic heterocycles. The van der Waals surface area contributed by atoms with E-state index in [4.69, 9.17) is 4.74 Å². The lowest BCUT2D eigenvalue weighted by Gasteiger charge is -2.58. The smallest absolute Gasteiger partial charge is 0.465 e. The Bertz CT molecular complexity index is 838. The average molecular weight is 497 g/mol. The van der Waals surface area contributed by atoms with Gasteiger partial charge in [0.15, 0.2) is 0 Å². The topological polar surface area (TPSA) is 69.7 Å². The minimum atomic E-state index is -5.66. The molecule has 0 aromatic carbocycles. The molecular weight excluding hydrogens is 457 g/mol. The van der Waals surface area contributed by atoms with Gasteiger partial charge in [-0.15, -0.1) is 0 Å². The van der Waals surface area contributed by atoms with Crippen LogP contribution in [-0.2, 0) is 23.8 Å². The number of halogens is 3. The van der Waals surface area contributed by atoms with Gasteiger partial charge in [-0.2, -0.15) is 21.6 Å². The van der Waals surface area contributed by atoms with E-state index < -0.39 is 21.0 Å². The van der Waals surface area contributed by atoms with Crippen LogP contribution in [0.3, 0.4) is 0 Å². The van der Waals surface area contributed by atoms with Crippen LogP contribution in [0.4, 0.5) is 13.2 Å². The second-order valence-electron chi connectivity index (χ2n) is 9.58. The first-order valence-electron chi connectivity index (χ1n) is 12.3. The molecule has 0 N–H and O–H groups in total. The maximum absolute atomic E-state index is 12.8. The van der Waals surface area contributed by atoms with Gasteiger partial charge in [0, 0.05) is 11.8 Å². The molecule has 1 saturated heterocycles. The average Bonchev–Trinajstić information content (AvgIpc) is 3.00. The first kappa shape index (κ1) is 28.0. The third-order valence-corrected chi connectivity index (χ3v) is 9.34. The predicted molar refractivity (Wildman–Crippen MR) is 120 cm³/mol. The van der Waals surface area contributed by atoms with Crippen molar-refractivity contribution >= 4 is 16.1 Å². The van der Waals surface area contributed by atoms with Crippen LogP contribution >= 0.6 is 0 Å². The van der Waals surface area contributed by atoms with E-state index in [1.807, 2.05) is 34.6 Å². The maximum Gasteiger partial charge on any atom is 0.534 e. The number of hydrogen-bond acceptors (Lipinski definition) is 5. The van der Waals surface area contributed by atoms with Crippen LogP contribution < -0.4 is 0 Å². The molecule has 1 heterocycles. The molecule has 2 saturated carbocycles. The Morgan fingerprint density at radius 2 is 1.67 bits per heavy atom. The lowest BCUT2D eigenvalue weighted by molar-refractivity contribution is -0.144. The first-order chi connectivity index (χ1) is 15.4. The standard InChI is InChI=1S/C20H27F3O5S.2C2H6/c1-18-10-8-17(24)27-11-12(18)3-4-13-14-5-6-16(19(14,2)9-7-15(13)18)28-29(25,26)20(21,22)23;2*1-2/h6,12-15H,3-5,7-11H2,1-2H3;2*1-2H3/t12?,13?,14?,15?,18-,19?;;/m1../s1. The van der Waals surface area contributed by atoms with Gasteiger partial charge in [0.1, 0.15) is 5.76 Å². The molecule has 33 heavy (non-hydrogen) atoms. The summed E-state index contributed by atoms with van der Waals surface area (Å²) >= 11 is 0. The Labute approximate surface area is 196 Å². The molecule has 0 aromatic rings. The Hall–Kier alpha value is -1.25. The van der Waals surface area contributed by atoms with E-state index in [2.05, 4.69) is 11.1 Å². The van der Waals surface area contributed by atoms with Gasteiger partial charge in [0.2, 0.25) is 0 Å². The van der Waals surface area contributed by atoms with Crippen LogP contribution in [0.2, 0.25) is 0 Å². The van der Waals surface area contributed by atoms with Crippen molar-refractivity contribution in [2.75, 3.05) is 6.61 Å². The number of carbonyl (C=O) groups is 1. The van der Waals surface area contributed by atoms with E-state index in [9.17, 15) is 26.4 Å². The normalized spacial score (nSPS) is 37.8. The van der Waals surface area contributed by atoms with E-state index in [1.54, 1.807) is 6.08 Å². The molecule has 3 fully saturated rings. The highest BCUT2D eigenvalue weighted by atomic mass is 32.2. The zero-order chi connectivity index (χ0) is 25.2. The monoisotopic (exact) mass is 496 g/mol. The van der Waals surface area contributed by atoms with E-state index in [1.165, 1.54) is 0 Å². The number of hydrogen-bond donors (Lipinski definition) is 0. The number of rotatable bonds is 2. The number of carbonyl (C=O) groups excluding carboxylic acids is 1. The summed E-state index contributed by atoms with van der Waals surface area (Å²) < 4.78 is 71.7. The fourth-order valence-corrected chi connectivity index (χ4v) is 7.25. The van der Waals surface area contributed by atoms with E-state index in [0.717, 1.165) is 25.7 Å². The number of ether oxygens (including phenoxy) is 1. The largest absolute Gasteiger partial charge is 0.534 e. The number of allylic oxidation sites excluding steroid dienone is 2. The third-order valence-electron chi connectivity index (χ3n) is 8.37. The Kier molecular flexibility index (Phi) is 8.62. The molecule has 5 nitrogen and oxygen atoms in total. The van der Waals surface area contributed by atoms with Gasteiger partial charge in [-0.05, 0) is 73.7 Å². The molecule has 3 aliphatic carbocycles. The molecule has 4 rings (SSSR count). The molecule has 9 heteroatoms. The van der Waals surface area contributed by atoms with Crippen molar-refractivity contribution in [3.05, 3.63) is 11.8 Å². The van der Waals surface area contributed by atoms with Gasteiger partial charge in [-0.25, -0.2) is 0 Å². The molecule has 6 atom stereocenters. The van der Waals surface area contributed by atoms with Crippen molar-refractivity contribution in [3.63, 3.8) is 0 Å². The second kappa shape index (κ2) is 10.2. The first-order valence-corrected chi connectivity index (χ1v) is 13.7. The Morgan fingerprint density at radius 3 is 2.27 bits per heavy atom. The van der Waals surface area contributed by atoms with Crippen molar-refractivity contribution in [1.82, 2.24) is 0 Å². The van der Waals surface area contributed by atoms with E-state index in [0.29, 0.717) is 37.7 Å². The lowest BCUT2D eigenvalue weighted by atomic mass is 9.47. The molecule has 0 amide bonds. The second-order valence-corrected chi connectivity index (χ2v) is 11.1. The number of fused-ring (bicyclic) bond motifs is 5. The lowest BCUT2D eigenvalue weighted by Crippen LogP contribution is -2.52.